The first-order valence-electron chi connectivity index (χ1n) is 6.51. The fourth-order valence-corrected chi connectivity index (χ4v) is 1.82. The predicted molar refractivity (Wildman–Crippen MR) is 74.6 cm³/mol. The number of methoxy groups -OCH3 is 2. The number of esters is 2. The van der Waals surface area contributed by atoms with Crippen LogP contribution in [0.1, 0.15) is 47.5 Å². The quantitative estimate of drug-likeness (QED) is 0.569. The molecule has 0 atom stereocenters. The Kier molecular flexibility index (Phi) is 6.81. The highest BCUT2D eigenvalue weighted by atomic mass is 16.5. The fourth-order valence-electron chi connectivity index (χ4n) is 1.82. The van der Waals surface area contributed by atoms with E-state index in [1.165, 1.54) is 14.2 Å². The molecule has 0 amide bonds. The smallest absolute Gasteiger partial charge is 0.334 e. The van der Waals surface area contributed by atoms with Crippen molar-refractivity contribution in [2.75, 3.05) is 14.2 Å². The number of rotatable bonds is 5. The molecule has 0 radical (unpaired) electrons. The van der Waals surface area contributed by atoms with E-state index >= 15 is 0 Å². The number of ether oxygens (including phenoxy) is 2. The largest absolute Gasteiger partial charge is 0.466 e. The van der Waals surface area contributed by atoms with Gasteiger partial charge in [-0.15, -0.1) is 0 Å². The van der Waals surface area contributed by atoms with Crippen molar-refractivity contribution in [1.29, 1.82) is 0 Å². The van der Waals surface area contributed by atoms with Crippen LogP contribution in [0.3, 0.4) is 0 Å². The molecule has 0 aromatic rings. The molecule has 0 aromatic carbocycles. The van der Waals surface area contributed by atoms with Crippen molar-refractivity contribution in [3.8, 4) is 0 Å². The zero-order valence-electron chi connectivity index (χ0n) is 13.1. The summed E-state index contributed by atoms with van der Waals surface area (Å²) in [7, 11) is 2.66. The highest BCUT2D eigenvalue weighted by Crippen LogP contribution is 2.29. The number of hydrogen-bond donors (Lipinski definition) is 0. The molecule has 0 rings (SSSR count). The predicted octanol–water partition coefficient (Wildman–Crippen LogP) is 3.11. The second-order valence-electron chi connectivity index (χ2n) is 6.28. The summed E-state index contributed by atoms with van der Waals surface area (Å²) >= 11 is 0. The molecule has 0 heterocycles. The van der Waals surface area contributed by atoms with E-state index in [1.54, 1.807) is 0 Å². The third-order valence-corrected chi connectivity index (χ3v) is 2.55. The summed E-state index contributed by atoms with van der Waals surface area (Å²) in [6.45, 7) is 10.0. The zero-order chi connectivity index (χ0) is 15.2. The summed E-state index contributed by atoms with van der Waals surface area (Å²) in [5, 5.41) is 0. The van der Waals surface area contributed by atoms with Gasteiger partial charge >= 0.3 is 11.9 Å². The molecule has 0 aliphatic rings. The van der Waals surface area contributed by atoms with Crippen molar-refractivity contribution in [3.05, 3.63) is 11.1 Å². The van der Waals surface area contributed by atoms with Crippen molar-refractivity contribution < 1.29 is 19.1 Å². The molecule has 0 aliphatic carbocycles. The van der Waals surface area contributed by atoms with Crippen molar-refractivity contribution in [2.45, 2.75) is 47.5 Å². The van der Waals surface area contributed by atoms with Crippen molar-refractivity contribution in [3.63, 3.8) is 0 Å². The molecule has 0 spiro atoms. The van der Waals surface area contributed by atoms with Gasteiger partial charge in [0.15, 0.2) is 0 Å². The van der Waals surface area contributed by atoms with Crippen LogP contribution in [0.2, 0.25) is 0 Å². The third kappa shape index (κ3) is 6.41. The Labute approximate surface area is 116 Å². The summed E-state index contributed by atoms with van der Waals surface area (Å²) in [4.78, 5) is 23.9. The molecule has 110 valence electrons. The maximum absolute atomic E-state index is 11.9. The highest BCUT2D eigenvalue weighted by Gasteiger charge is 2.27. The van der Waals surface area contributed by atoms with Gasteiger partial charge < -0.3 is 9.47 Å². The highest BCUT2D eigenvalue weighted by molar-refractivity contribution is 6.00. The van der Waals surface area contributed by atoms with Gasteiger partial charge in [-0.05, 0) is 24.2 Å². The van der Waals surface area contributed by atoms with Crippen LogP contribution < -0.4 is 0 Å². The molecule has 0 aromatic heterocycles. The maximum atomic E-state index is 11.9. The van der Waals surface area contributed by atoms with Gasteiger partial charge in [-0.2, -0.15) is 0 Å². The summed E-state index contributed by atoms with van der Waals surface area (Å²) in [5.41, 5.74) is 0.745. The van der Waals surface area contributed by atoms with Crippen molar-refractivity contribution in [1.82, 2.24) is 0 Å². The standard InChI is InChI=1S/C15H26O4/c1-10(2)8-11(13(16)18-6)12(14(17)19-7)9-15(3,4)5/h10H,8-9H2,1-7H3/b12-11-. The molecule has 19 heavy (non-hydrogen) atoms. The van der Waals surface area contributed by atoms with Crippen molar-refractivity contribution >= 4 is 11.9 Å². The lowest BCUT2D eigenvalue weighted by Gasteiger charge is -2.22. The summed E-state index contributed by atoms with van der Waals surface area (Å²) < 4.78 is 9.61. The van der Waals surface area contributed by atoms with Gasteiger partial charge in [-0.3, -0.25) is 0 Å². The van der Waals surface area contributed by atoms with Gasteiger partial charge in [0.2, 0.25) is 0 Å². The van der Waals surface area contributed by atoms with Gasteiger partial charge in [0.05, 0.1) is 14.2 Å². The summed E-state index contributed by atoms with van der Waals surface area (Å²) in [6, 6.07) is 0. The van der Waals surface area contributed by atoms with Crippen molar-refractivity contribution in [2.24, 2.45) is 11.3 Å². The summed E-state index contributed by atoms with van der Waals surface area (Å²) in [6.07, 6.45) is 0.990. The Hall–Kier alpha value is -1.32. The fraction of sp³-hybridized carbons (Fsp3) is 0.733. The van der Waals surface area contributed by atoms with E-state index in [1.807, 2.05) is 34.6 Å². The van der Waals surface area contributed by atoms with E-state index in [2.05, 4.69) is 0 Å². The first-order valence-corrected chi connectivity index (χ1v) is 6.51. The van der Waals surface area contributed by atoms with E-state index < -0.39 is 11.9 Å². The number of carbonyl (C=O) groups excluding carboxylic acids is 2. The number of carbonyl (C=O) groups is 2. The molecular weight excluding hydrogens is 244 g/mol. The van der Waals surface area contributed by atoms with Crippen LogP contribution in [0, 0.1) is 11.3 Å². The van der Waals surface area contributed by atoms with E-state index in [4.69, 9.17) is 9.47 Å². The van der Waals surface area contributed by atoms with Gasteiger partial charge in [0.25, 0.3) is 0 Å². The molecule has 4 nitrogen and oxygen atoms in total. The van der Waals surface area contributed by atoms with E-state index in [0.29, 0.717) is 24.0 Å². The maximum Gasteiger partial charge on any atom is 0.334 e. The Balaban J connectivity index is 5.68. The van der Waals surface area contributed by atoms with E-state index in [-0.39, 0.29) is 11.3 Å². The Bertz CT molecular complexity index is 359. The minimum absolute atomic E-state index is 0.111. The first-order chi connectivity index (χ1) is 8.62. The van der Waals surface area contributed by atoms with E-state index in [0.717, 1.165) is 0 Å². The molecule has 0 aliphatic heterocycles. The third-order valence-electron chi connectivity index (χ3n) is 2.55. The van der Waals surface area contributed by atoms with Crippen LogP contribution in [0.4, 0.5) is 0 Å². The van der Waals surface area contributed by atoms with Gasteiger partial charge in [0, 0.05) is 11.1 Å². The summed E-state index contributed by atoms with van der Waals surface area (Å²) in [5.74, 6) is -0.636. The van der Waals surface area contributed by atoms with Gasteiger partial charge in [-0.25, -0.2) is 9.59 Å². The Morgan fingerprint density at radius 2 is 1.37 bits per heavy atom. The lowest BCUT2D eigenvalue weighted by Crippen LogP contribution is -2.20. The van der Waals surface area contributed by atoms with Crippen LogP contribution >= 0.6 is 0 Å². The minimum atomic E-state index is -0.448. The second kappa shape index (κ2) is 7.31. The molecular formula is C15H26O4. The second-order valence-corrected chi connectivity index (χ2v) is 6.28. The molecule has 4 heteroatoms. The van der Waals surface area contributed by atoms with Crippen LogP contribution in [-0.4, -0.2) is 26.2 Å². The first kappa shape index (κ1) is 17.7. The van der Waals surface area contributed by atoms with Crippen LogP contribution in [0.25, 0.3) is 0 Å². The Morgan fingerprint density at radius 1 is 0.947 bits per heavy atom. The molecule has 0 saturated heterocycles. The van der Waals surface area contributed by atoms with Crippen LogP contribution in [0.5, 0.6) is 0 Å². The monoisotopic (exact) mass is 270 g/mol. The van der Waals surface area contributed by atoms with Crippen LogP contribution in [0.15, 0.2) is 11.1 Å². The molecule has 0 bridgehead atoms. The lowest BCUT2D eigenvalue weighted by molar-refractivity contribution is -0.139. The normalized spacial score (nSPS) is 13.1. The lowest BCUT2D eigenvalue weighted by atomic mass is 9.84. The Morgan fingerprint density at radius 3 is 1.68 bits per heavy atom. The average molecular weight is 270 g/mol. The van der Waals surface area contributed by atoms with Gasteiger partial charge in [-0.1, -0.05) is 34.6 Å². The van der Waals surface area contributed by atoms with E-state index in [9.17, 15) is 9.59 Å². The molecule has 0 N–H and O–H groups in total. The topological polar surface area (TPSA) is 52.6 Å². The SMILES string of the molecule is COC(=O)/C(CC(C)C)=C(/CC(C)(C)C)C(=O)OC. The zero-order valence-corrected chi connectivity index (χ0v) is 13.1. The molecule has 0 fully saturated rings. The minimum Gasteiger partial charge on any atom is -0.466 e. The molecule has 0 unspecified atom stereocenters. The van der Waals surface area contributed by atoms with Crippen LogP contribution in [-0.2, 0) is 19.1 Å². The van der Waals surface area contributed by atoms with Gasteiger partial charge in [0.1, 0.15) is 0 Å². The average Bonchev–Trinajstić information content (AvgIpc) is 2.30. The number of hydrogen-bond acceptors (Lipinski definition) is 4. The molecule has 0 saturated carbocycles.